The van der Waals surface area contributed by atoms with Gasteiger partial charge in [0.2, 0.25) is 0 Å². The van der Waals surface area contributed by atoms with E-state index in [2.05, 4.69) is 19.6 Å². The van der Waals surface area contributed by atoms with E-state index >= 15 is 0 Å². The molecule has 1 aromatic heterocycles. The van der Waals surface area contributed by atoms with E-state index in [0.717, 1.165) is 33.7 Å². The zero-order valence-corrected chi connectivity index (χ0v) is 15.7. The highest BCUT2D eigenvalue weighted by Gasteiger charge is 2.15. The van der Waals surface area contributed by atoms with Gasteiger partial charge in [0.05, 0.1) is 24.7 Å². The van der Waals surface area contributed by atoms with Crippen molar-refractivity contribution in [1.29, 1.82) is 0 Å². The van der Waals surface area contributed by atoms with Crippen LogP contribution in [0.5, 0.6) is 11.5 Å². The first-order valence-electron chi connectivity index (χ1n) is 8.57. The van der Waals surface area contributed by atoms with Gasteiger partial charge in [-0.2, -0.15) is 0 Å². The van der Waals surface area contributed by atoms with Gasteiger partial charge in [-0.3, -0.25) is 9.13 Å². The van der Waals surface area contributed by atoms with Crippen LogP contribution >= 0.6 is 0 Å². The molecule has 1 heterocycles. The third kappa shape index (κ3) is 3.25. The summed E-state index contributed by atoms with van der Waals surface area (Å²) >= 11 is 0. The maximum atomic E-state index is 12.9. The summed E-state index contributed by atoms with van der Waals surface area (Å²) in [4.78, 5) is 12.9. The highest BCUT2D eigenvalue weighted by molar-refractivity contribution is 5.81. The topological polar surface area (TPSA) is 45.4 Å². The third-order valence-electron chi connectivity index (χ3n) is 4.57. The lowest BCUT2D eigenvalue weighted by atomic mass is 10.1. The highest BCUT2D eigenvalue weighted by atomic mass is 16.5. The smallest absolute Gasteiger partial charge is 0.333 e. The quantitative estimate of drug-likeness (QED) is 0.674. The summed E-state index contributed by atoms with van der Waals surface area (Å²) < 4.78 is 14.3. The minimum absolute atomic E-state index is 0.0872. The van der Waals surface area contributed by atoms with Crippen LogP contribution in [0.4, 0.5) is 0 Å². The second-order valence-electron chi connectivity index (χ2n) is 6.45. The third-order valence-corrected chi connectivity index (χ3v) is 4.57. The van der Waals surface area contributed by atoms with Gasteiger partial charge in [-0.25, -0.2) is 4.79 Å². The number of imidazole rings is 1. The van der Waals surface area contributed by atoms with Gasteiger partial charge >= 0.3 is 5.69 Å². The van der Waals surface area contributed by atoms with E-state index in [0.29, 0.717) is 18.8 Å². The first-order valence-corrected chi connectivity index (χ1v) is 8.57. The second-order valence-corrected chi connectivity index (χ2v) is 6.45. The first-order chi connectivity index (χ1) is 12.4. The molecule has 0 atom stereocenters. The van der Waals surface area contributed by atoms with Crippen LogP contribution in [0, 0.1) is 13.8 Å². The SMILES string of the molecule is C=C(C)n1c(=O)n(CCOc2ccc(OC)cc2)c2cc(C)c(C)cc21. The fraction of sp³-hybridized carbons (Fsp3) is 0.286. The molecule has 5 nitrogen and oxygen atoms in total. The molecule has 0 radical (unpaired) electrons. The molecule has 5 heteroatoms. The number of allylic oxidation sites excluding steroid dienone is 1. The van der Waals surface area contributed by atoms with Gasteiger partial charge in [-0.05, 0) is 68.3 Å². The molecule has 0 N–H and O–H groups in total. The Morgan fingerprint density at radius 1 is 1.04 bits per heavy atom. The molecule has 0 bridgehead atoms. The molecule has 3 aromatic rings. The number of fused-ring (bicyclic) bond motifs is 1. The average molecular weight is 352 g/mol. The fourth-order valence-corrected chi connectivity index (χ4v) is 3.02. The molecule has 136 valence electrons. The van der Waals surface area contributed by atoms with E-state index in [1.165, 1.54) is 0 Å². The number of hydrogen-bond acceptors (Lipinski definition) is 3. The Hall–Kier alpha value is -2.95. The van der Waals surface area contributed by atoms with Gasteiger partial charge in [-0.1, -0.05) is 6.58 Å². The number of nitrogens with zero attached hydrogens (tertiary/aromatic N) is 2. The molecule has 2 aromatic carbocycles. The number of aromatic nitrogens is 2. The van der Waals surface area contributed by atoms with Crippen LogP contribution in [-0.2, 0) is 6.54 Å². The molecule has 0 saturated heterocycles. The van der Waals surface area contributed by atoms with E-state index in [9.17, 15) is 4.79 Å². The summed E-state index contributed by atoms with van der Waals surface area (Å²) in [6, 6.07) is 11.5. The van der Waals surface area contributed by atoms with Crippen molar-refractivity contribution in [1.82, 2.24) is 9.13 Å². The second kappa shape index (κ2) is 7.12. The summed E-state index contributed by atoms with van der Waals surface area (Å²) in [6.07, 6.45) is 0. The average Bonchev–Trinajstić information content (AvgIpc) is 2.87. The van der Waals surface area contributed by atoms with Gasteiger partial charge in [0.15, 0.2) is 0 Å². The number of rotatable bonds is 6. The van der Waals surface area contributed by atoms with Crippen molar-refractivity contribution in [2.75, 3.05) is 13.7 Å². The van der Waals surface area contributed by atoms with Gasteiger partial charge < -0.3 is 9.47 Å². The van der Waals surface area contributed by atoms with Crippen LogP contribution in [0.1, 0.15) is 18.1 Å². The number of ether oxygens (including phenoxy) is 2. The lowest BCUT2D eigenvalue weighted by Crippen LogP contribution is -2.25. The molecule has 0 aliphatic carbocycles. The molecule has 0 saturated carbocycles. The Morgan fingerprint density at radius 2 is 1.62 bits per heavy atom. The summed E-state index contributed by atoms with van der Waals surface area (Å²) in [5.74, 6) is 1.53. The number of benzene rings is 2. The standard InChI is InChI=1S/C21H24N2O3/c1-14(2)23-20-13-16(4)15(3)12-19(20)22(21(23)24)10-11-26-18-8-6-17(25-5)7-9-18/h6-9,12-13H,1,10-11H2,2-5H3. The van der Waals surface area contributed by atoms with Crippen LogP contribution in [0.2, 0.25) is 0 Å². The summed E-state index contributed by atoms with van der Waals surface area (Å²) in [5, 5.41) is 0. The predicted molar refractivity (Wildman–Crippen MR) is 105 cm³/mol. The highest BCUT2D eigenvalue weighted by Crippen LogP contribution is 2.21. The zero-order chi connectivity index (χ0) is 18.8. The molecule has 0 amide bonds. The van der Waals surface area contributed by atoms with Crippen LogP contribution in [0.15, 0.2) is 47.8 Å². The van der Waals surface area contributed by atoms with E-state index in [4.69, 9.17) is 9.47 Å². The van der Waals surface area contributed by atoms with Gasteiger partial charge in [-0.15, -0.1) is 0 Å². The molecule has 26 heavy (non-hydrogen) atoms. The monoisotopic (exact) mass is 352 g/mol. The molecule has 3 rings (SSSR count). The zero-order valence-electron chi connectivity index (χ0n) is 15.7. The Balaban J connectivity index is 1.89. The minimum Gasteiger partial charge on any atom is -0.497 e. The molecular formula is C21H24N2O3. The van der Waals surface area contributed by atoms with Crippen molar-refractivity contribution < 1.29 is 9.47 Å². The largest absolute Gasteiger partial charge is 0.497 e. The number of hydrogen-bond donors (Lipinski definition) is 0. The van der Waals surface area contributed by atoms with Crippen molar-refractivity contribution in [3.8, 4) is 11.5 Å². The fourth-order valence-electron chi connectivity index (χ4n) is 3.02. The summed E-state index contributed by atoms with van der Waals surface area (Å²) in [7, 11) is 1.63. The van der Waals surface area contributed by atoms with Crippen molar-refractivity contribution in [2.45, 2.75) is 27.3 Å². The molecule has 0 fully saturated rings. The lowest BCUT2D eigenvalue weighted by Gasteiger charge is -2.08. The Kier molecular flexibility index (Phi) is 4.89. The molecule has 0 spiro atoms. The van der Waals surface area contributed by atoms with Crippen LogP contribution in [-0.4, -0.2) is 22.9 Å². The Bertz CT molecular complexity index is 1010. The Morgan fingerprint density at radius 3 is 2.19 bits per heavy atom. The van der Waals surface area contributed by atoms with E-state index in [-0.39, 0.29) is 5.69 Å². The van der Waals surface area contributed by atoms with Crippen LogP contribution in [0.3, 0.4) is 0 Å². The number of aryl methyl sites for hydroxylation is 2. The number of methoxy groups -OCH3 is 1. The van der Waals surface area contributed by atoms with Crippen molar-refractivity contribution >= 4 is 16.7 Å². The molecule has 0 unspecified atom stereocenters. The first kappa shape index (κ1) is 17.9. The maximum absolute atomic E-state index is 12.9. The van der Waals surface area contributed by atoms with Crippen molar-refractivity contribution in [3.05, 3.63) is 64.6 Å². The van der Waals surface area contributed by atoms with Crippen LogP contribution in [0.25, 0.3) is 16.7 Å². The van der Waals surface area contributed by atoms with Crippen LogP contribution < -0.4 is 15.2 Å². The van der Waals surface area contributed by atoms with Gasteiger partial charge in [0.1, 0.15) is 18.1 Å². The van der Waals surface area contributed by atoms with E-state index in [1.54, 1.807) is 16.2 Å². The van der Waals surface area contributed by atoms with Crippen molar-refractivity contribution in [3.63, 3.8) is 0 Å². The molecule has 0 aliphatic rings. The minimum atomic E-state index is -0.0872. The predicted octanol–water partition coefficient (Wildman–Crippen LogP) is 4.00. The summed E-state index contributed by atoms with van der Waals surface area (Å²) in [6.45, 7) is 10.8. The van der Waals surface area contributed by atoms with E-state index < -0.39 is 0 Å². The summed E-state index contributed by atoms with van der Waals surface area (Å²) in [5.41, 5.74) is 4.71. The molecular weight excluding hydrogens is 328 g/mol. The normalized spacial score (nSPS) is 10.9. The van der Waals surface area contributed by atoms with Crippen molar-refractivity contribution in [2.24, 2.45) is 0 Å². The maximum Gasteiger partial charge on any atom is 0.333 e. The van der Waals surface area contributed by atoms with E-state index in [1.807, 2.05) is 44.2 Å². The Labute approximate surface area is 153 Å². The lowest BCUT2D eigenvalue weighted by molar-refractivity contribution is 0.297. The van der Waals surface area contributed by atoms with Gasteiger partial charge in [0, 0.05) is 5.70 Å². The van der Waals surface area contributed by atoms with Gasteiger partial charge in [0.25, 0.3) is 0 Å². The molecule has 0 aliphatic heterocycles.